The van der Waals surface area contributed by atoms with Gasteiger partial charge in [0.25, 0.3) is 0 Å². The second-order valence-electron chi connectivity index (χ2n) is 8.49. The van der Waals surface area contributed by atoms with E-state index < -0.39 is 0 Å². The van der Waals surface area contributed by atoms with E-state index in [0.29, 0.717) is 6.61 Å². The van der Waals surface area contributed by atoms with Gasteiger partial charge in [-0.25, -0.2) is 15.0 Å². The first-order chi connectivity index (χ1) is 16.1. The Kier molecular flexibility index (Phi) is 5.82. The van der Waals surface area contributed by atoms with Crippen molar-refractivity contribution >= 4 is 21.9 Å². The number of aromatic amines is 1. The van der Waals surface area contributed by atoms with Gasteiger partial charge in [-0.05, 0) is 74.2 Å². The third kappa shape index (κ3) is 4.46. The number of hydrogen-bond donors (Lipinski definition) is 1. The smallest absolute Gasteiger partial charge is 0.128 e. The normalized spacial score (nSPS) is 11.5. The number of rotatable bonds is 8. The Morgan fingerprint density at radius 3 is 2.82 bits per heavy atom. The van der Waals surface area contributed by atoms with Crippen molar-refractivity contribution in [3.63, 3.8) is 0 Å². The molecule has 0 unspecified atom stereocenters. The molecule has 1 N–H and O–H groups in total. The zero-order chi connectivity index (χ0) is 22.8. The SMILES string of the molecule is CCOc1ccc2[nH]cc(CCCc3nccc(Cc4ccc5c(c4)nc(C)n5C)n3)c2c1. The van der Waals surface area contributed by atoms with Crippen molar-refractivity contribution in [3.05, 3.63) is 83.3 Å². The van der Waals surface area contributed by atoms with Gasteiger partial charge in [-0.3, -0.25) is 0 Å². The predicted octanol–water partition coefficient (Wildman–Crippen LogP) is 5.32. The topological polar surface area (TPSA) is 68.6 Å². The number of hydrogen-bond acceptors (Lipinski definition) is 4. The third-order valence-electron chi connectivity index (χ3n) is 6.21. The summed E-state index contributed by atoms with van der Waals surface area (Å²) in [6, 6.07) is 14.7. The van der Waals surface area contributed by atoms with E-state index in [1.807, 2.05) is 32.2 Å². The number of nitrogens with zero attached hydrogens (tertiary/aromatic N) is 4. The molecule has 2 aromatic carbocycles. The van der Waals surface area contributed by atoms with Gasteiger partial charge in [0.15, 0.2) is 0 Å². The van der Waals surface area contributed by atoms with Crippen LogP contribution in [0.3, 0.4) is 0 Å². The van der Waals surface area contributed by atoms with E-state index in [0.717, 1.165) is 65.3 Å². The van der Waals surface area contributed by atoms with Crippen LogP contribution >= 0.6 is 0 Å². The van der Waals surface area contributed by atoms with Crippen LogP contribution in [0.25, 0.3) is 21.9 Å². The molecule has 0 saturated carbocycles. The average Bonchev–Trinajstić information content (AvgIpc) is 3.34. The van der Waals surface area contributed by atoms with Gasteiger partial charge in [0.05, 0.1) is 17.6 Å². The Bertz CT molecular complexity index is 1420. The van der Waals surface area contributed by atoms with Crippen LogP contribution in [-0.4, -0.2) is 31.1 Å². The van der Waals surface area contributed by atoms with Crippen molar-refractivity contribution < 1.29 is 4.74 Å². The van der Waals surface area contributed by atoms with Gasteiger partial charge in [0.1, 0.15) is 17.4 Å². The molecule has 6 heteroatoms. The molecule has 3 aromatic heterocycles. The zero-order valence-electron chi connectivity index (χ0n) is 19.4. The summed E-state index contributed by atoms with van der Waals surface area (Å²) in [6.07, 6.45) is 7.58. The molecule has 0 atom stereocenters. The second kappa shape index (κ2) is 9.06. The lowest BCUT2D eigenvalue weighted by molar-refractivity contribution is 0.340. The molecule has 3 heterocycles. The molecule has 0 saturated heterocycles. The molecule has 0 bridgehead atoms. The summed E-state index contributed by atoms with van der Waals surface area (Å²) in [4.78, 5) is 17.4. The number of benzene rings is 2. The predicted molar refractivity (Wildman–Crippen MR) is 132 cm³/mol. The highest BCUT2D eigenvalue weighted by Gasteiger charge is 2.09. The number of nitrogens with one attached hydrogen (secondary N) is 1. The van der Waals surface area contributed by atoms with Crippen LogP contribution < -0.4 is 4.74 Å². The zero-order valence-corrected chi connectivity index (χ0v) is 19.4. The molecular formula is C27H29N5O. The highest BCUT2D eigenvalue weighted by Crippen LogP contribution is 2.25. The Morgan fingerprint density at radius 1 is 1.03 bits per heavy atom. The standard InChI is InChI=1S/C27H29N5O/c1-4-33-22-9-10-24-23(16-22)20(17-29-24)6-5-7-27-28-13-12-21(31-27)14-19-8-11-26-25(15-19)30-18(2)32(26)3/h8-13,15-17,29H,4-7,14H2,1-3H3. The van der Waals surface area contributed by atoms with Gasteiger partial charge < -0.3 is 14.3 Å². The minimum atomic E-state index is 0.675. The van der Waals surface area contributed by atoms with E-state index in [-0.39, 0.29) is 0 Å². The molecule has 33 heavy (non-hydrogen) atoms. The minimum Gasteiger partial charge on any atom is -0.494 e. The summed E-state index contributed by atoms with van der Waals surface area (Å²) < 4.78 is 7.78. The maximum absolute atomic E-state index is 5.67. The van der Waals surface area contributed by atoms with Crippen molar-refractivity contribution in [2.45, 2.75) is 39.5 Å². The van der Waals surface area contributed by atoms with Crippen LogP contribution in [0.1, 0.15) is 41.8 Å². The maximum atomic E-state index is 5.67. The molecule has 0 aliphatic carbocycles. The molecule has 0 fully saturated rings. The van der Waals surface area contributed by atoms with Crippen LogP contribution in [-0.2, 0) is 26.3 Å². The summed E-state index contributed by atoms with van der Waals surface area (Å²) in [5.41, 5.74) is 6.90. The minimum absolute atomic E-state index is 0.675. The Hall–Kier alpha value is -3.67. The van der Waals surface area contributed by atoms with E-state index in [2.05, 4.69) is 63.1 Å². The van der Waals surface area contributed by atoms with Crippen LogP contribution in [0, 0.1) is 6.92 Å². The van der Waals surface area contributed by atoms with Gasteiger partial charge in [-0.15, -0.1) is 0 Å². The van der Waals surface area contributed by atoms with Gasteiger partial charge in [0, 0.05) is 48.9 Å². The van der Waals surface area contributed by atoms with Crippen molar-refractivity contribution in [3.8, 4) is 5.75 Å². The van der Waals surface area contributed by atoms with E-state index in [1.165, 1.54) is 16.5 Å². The monoisotopic (exact) mass is 439 g/mol. The summed E-state index contributed by atoms with van der Waals surface area (Å²) in [6.45, 7) is 4.72. The summed E-state index contributed by atoms with van der Waals surface area (Å²) in [5, 5.41) is 1.23. The van der Waals surface area contributed by atoms with Crippen molar-refractivity contribution in [2.24, 2.45) is 7.05 Å². The average molecular weight is 440 g/mol. The first kappa shape index (κ1) is 21.2. The Balaban J connectivity index is 1.25. The number of aryl methyl sites for hydroxylation is 4. The second-order valence-corrected chi connectivity index (χ2v) is 8.49. The fourth-order valence-electron chi connectivity index (χ4n) is 4.40. The largest absolute Gasteiger partial charge is 0.494 e. The number of fused-ring (bicyclic) bond motifs is 2. The van der Waals surface area contributed by atoms with E-state index in [4.69, 9.17) is 9.72 Å². The fraction of sp³-hybridized carbons (Fsp3) is 0.296. The summed E-state index contributed by atoms with van der Waals surface area (Å²) in [7, 11) is 2.05. The number of imidazole rings is 1. The maximum Gasteiger partial charge on any atom is 0.128 e. The first-order valence-electron chi connectivity index (χ1n) is 11.6. The third-order valence-corrected chi connectivity index (χ3v) is 6.21. The number of ether oxygens (including phenoxy) is 1. The van der Waals surface area contributed by atoms with Crippen molar-refractivity contribution in [1.29, 1.82) is 0 Å². The van der Waals surface area contributed by atoms with Crippen LogP contribution in [0.2, 0.25) is 0 Å². The van der Waals surface area contributed by atoms with Crippen LogP contribution in [0.5, 0.6) is 5.75 Å². The van der Waals surface area contributed by atoms with Gasteiger partial charge >= 0.3 is 0 Å². The molecule has 0 aliphatic heterocycles. The van der Waals surface area contributed by atoms with Crippen molar-refractivity contribution in [2.75, 3.05) is 6.61 Å². The van der Waals surface area contributed by atoms with Gasteiger partial charge in [0.2, 0.25) is 0 Å². The van der Waals surface area contributed by atoms with E-state index >= 15 is 0 Å². The molecule has 6 nitrogen and oxygen atoms in total. The molecule has 0 spiro atoms. The lowest BCUT2D eigenvalue weighted by Gasteiger charge is -2.06. The quantitative estimate of drug-likeness (QED) is 0.355. The Labute approximate surface area is 193 Å². The lowest BCUT2D eigenvalue weighted by Crippen LogP contribution is -2.01. The fourth-order valence-corrected chi connectivity index (χ4v) is 4.40. The number of H-pyrrole nitrogens is 1. The van der Waals surface area contributed by atoms with Crippen molar-refractivity contribution in [1.82, 2.24) is 24.5 Å². The highest BCUT2D eigenvalue weighted by atomic mass is 16.5. The van der Waals surface area contributed by atoms with E-state index in [9.17, 15) is 0 Å². The van der Waals surface area contributed by atoms with E-state index in [1.54, 1.807) is 0 Å². The number of aromatic nitrogens is 5. The molecular weight excluding hydrogens is 410 g/mol. The van der Waals surface area contributed by atoms with Gasteiger partial charge in [-0.2, -0.15) is 0 Å². The molecule has 0 amide bonds. The molecule has 0 radical (unpaired) electrons. The highest BCUT2D eigenvalue weighted by molar-refractivity contribution is 5.84. The first-order valence-corrected chi connectivity index (χ1v) is 11.6. The molecule has 168 valence electrons. The van der Waals surface area contributed by atoms with Crippen LogP contribution in [0.15, 0.2) is 54.9 Å². The van der Waals surface area contributed by atoms with Gasteiger partial charge in [-0.1, -0.05) is 6.07 Å². The summed E-state index contributed by atoms with van der Waals surface area (Å²) >= 11 is 0. The molecule has 0 aliphatic rings. The summed E-state index contributed by atoms with van der Waals surface area (Å²) in [5.74, 6) is 2.84. The van der Waals surface area contributed by atoms with Crippen LogP contribution in [0.4, 0.5) is 0 Å². The Morgan fingerprint density at radius 2 is 1.94 bits per heavy atom. The molecule has 5 rings (SSSR count). The molecule has 5 aromatic rings. The lowest BCUT2D eigenvalue weighted by atomic mass is 10.1.